The third kappa shape index (κ3) is 2.48. The van der Waals surface area contributed by atoms with Crippen molar-refractivity contribution in [2.75, 3.05) is 0 Å². The Bertz CT molecular complexity index is 513. The molecule has 1 heterocycles. The summed E-state index contributed by atoms with van der Waals surface area (Å²) in [6, 6.07) is 2.18. The molecule has 17 heavy (non-hydrogen) atoms. The predicted octanol–water partition coefficient (Wildman–Crippen LogP) is 2.60. The van der Waals surface area contributed by atoms with Crippen LogP contribution in [0.1, 0.15) is 17.2 Å². The lowest BCUT2D eigenvalue weighted by Gasteiger charge is -2.12. The van der Waals surface area contributed by atoms with Crippen molar-refractivity contribution < 1.29 is 13.9 Å². The summed E-state index contributed by atoms with van der Waals surface area (Å²) in [5.41, 5.74) is -0.185. The molecule has 6 heteroatoms. The van der Waals surface area contributed by atoms with E-state index in [0.717, 1.165) is 12.1 Å². The van der Waals surface area contributed by atoms with Crippen molar-refractivity contribution >= 4 is 15.9 Å². The lowest BCUT2D eigenvalue weighted by atomic mass is 10.0. The summed E-state index contributed by atoms with van der Waals surface area (Å²) < 4.78 is 27.4. The molecule has 0 bridgehead atoms. The number of aliphatic hydroxyl groups excluding tert-OH is 1. The van der Waals surface area contributed by atoms with E-state index < -0.39 is 23.3 Å². The van der Waals surface area contributed by atoms with Crippen molar-refractivity contribution in [2.24, 2.45) is 0 Å². The molecule has 1 unspecified atom stereocenters. The summed E-state index contributed by atoms with van der Waals surface area (Å²) in [5, 5.41) is 9.87. The predicted molar refractivity (Wildman–Crippen MR) is 60.2 cm³/mol. The number of rotatable bonds is 2. The molecule has 0 saturated carbocycles. The Balaban J connectivity index is 2.48. The number of nitrogens with zero attached hydrogens (tertiary/aromatic N) is 2. The van der Waals surface area contributed by atoms with E-state index in [2.05, 4.69) is 25.9 Å². The van der Waals surface area contributed by atoms with Crippen molar-refractivity contribution in [3.63, 3.8) is 0 Å². The number of hydrogen-bond donors (Lipinski definition) is 1. The Morgan fingerprint density at radius 1 is 1.12 bits per heavy atom. The molecule has 0 spiro atoms. The Morgan fingerprint density at radius 2 is 1.65 bits per heavy atom. The van der Waals surface area contributed by atoms with Crippen LogP contribution < -0.4 is 0 Å². The Kier molecular flexibility index (Phi) is 3.44. The monoisotopic (exact) mass is 300 g/mol. The molecule has 1 N–H and O–H groups in total. The lowest BCUT2D eigenvalue weighted by Crippen LogP contribution is -2.06. The minimum absolute atomic E-state index is 0.229. The molecule has 0 aliphatic rings. The molecule has 0 saturated heterocycles. The van der Waals surface area contributed by atoms with Gasteiger partial charge < -0.3 is 5.11 Å². The first-order valence-corrected chi connectivity index (χ1v) is 5.46. The summed E-state index contributed by atoms with van der Waals surface area (Å²) in [5.74, 6) is -1.65. The van der Waals surface area contributed by atoms with E-state index in [1.165, 1.54) is 18.7 Å². The molecule has 2 aromatic rings. The number of aliphatic hydroxyl groups is 1. The number of benzene rings is 1. The van der Waals surface area contributed by atoms with Crippen LogP contribution in [0.25, 0.3) is 0 Å². The second kappa shape index (κ2) is 4.85. The maximum Gasteiger partial charge on any atom is 0.133 e. The highest BCUT2D eigenvalue weighted by Crippen LogP contribution is 2.28. The Hall–Kier alpha value is -1.40. The minimum Gasteiger partial charge on any atom is -0.383 e. The van der Waals surface area contributed by atoms with Gasteiger partial charge in [0.05, 0.1) is 5.56 Å². The van der Waals surface area contributed by atoms with Gasteiger partial charge in [0.2, 0.25) is 0 Å². The van der Waals surface area contributed by atoms with Crippen LogP contribution in [0.5, 0.6) is 0 Å². The zero-order chi connectivity index (χ0) is 12.4. The summed E-state index contributed by atoms with van der Waals surface area (Å²) in [6.07, 6.45) is 2.45. The average Bonchev–Trinajstić information content (AvgIpc) is 2.28. The molecule has 88 valence electrons. The van der Waals surface area contributed by atoms with E-state index in [0.29, 0.717) is 0 Å². The number of aromatic nitrogens is 2. The highest BCUT2D eigenvalue weighted by Gasteiger charge is 2.20. The average molecular weight is 301 g/mol. The van der Waals surface area contributed by atoms with Crippen LogP contribution in [0.15, 0.2) is 35.3 Å². The van der Waals surface area contributed by atoms with Crippen LogP contribution in [-0.2, 0) is 0 Å². The van der Waals surface area contributed by atoms with Crippen molar-refractivity contribution in [3.8, 4) is 0 Å². The molecular weight excluding hydrogens is 294 g/mol. The van der Waals surface area contributed by atoms with Crippen molar-refractivity contribution in [3.05, 3.63) is 58.1 Å². The zero-order valence-electron chi connectivity index (χ0n) is 8.44. The van der Waals surface area contributed by atoms with Crippen LogP contribution >= 0.6 is 15.9 Å². The highest BCUT2D eigenvalue weighted by atomic mass is 79.9. The van der Waals surface area contributed by atoms with Crippen LogP contribution in [0, 0.1) is 11.6 Å². The number of halogens is 3. The normalized spacial score (nSPS) is 12.5. The quantitative estimate of drug-likeness (QED) is 0.927. The van der Waals surface area contributed by atoms with Gasteiger partial charge in [0, 0.05) is 22.4 Å². The van der Waals surface area contributed by atoms with Gasteiger partial charge in [0.25, 0.3) is 0 Å². The standard InChI is InChI=1S/C11H7BrF2N2O/c12-7-1-8(13)10(9(14)2-7)11(17)6-3-15-5-16-4-6/h1-5,11,17H. The minimum atomic E-state index is -1.43. The molecule has 0 aliphatic carbocycles. The van der Waals surface area contributed by atoms with Gasteiger partial charge in [-0.15, -0.1) is 0 Å². The van der Waals surface area contributed by atoms with Crippen molar-refractivity contribution in [2.45, 2.75) is 6.10 Å². The first kappa shape index (κ1) is 12.1. The van der Waals surface area contributed by atoms with E-state index >= 15 is 0 Å². The van der Waals surface area contributed by atoms with Gasteiger partial charge in [-0.3, -0.25) is 0 Å². The van der Waals surface area contributed by atoms with E-state index in [9.17, 15) is 13.9 Å². The maximum atomic E-state index is 13.6. The molecule has 3 nitrogen and oxygen atoms in total. The largest absolute Gasteiger partial charge is 0.383 e. The molecule has 0 aliphatic heterocycles. The van der Waals surface area contributed by atoms with Crippen LogP contribution in [0.2, 0.25) is 0 Å². The SMILES string of the molecule is OC(c1cncnc1)c1c(F)cc(Br)cc1F. The summed E-state index contributed by atoms with van der Waals surface area (Å²) in [6.45, 7) is 0. The molecule has 2 rings (SSSR count). The second-order valence-corrected chi connectivity index (χ2v) is 4.27. The van der Waals surface area contributed by atoms with Crippen LogP contribution in [-0.4, -0.2) is 15.1 Å². The Labute approximate surface area is 104 Å². The van der Waals surface area contributed by atoms with E-state index in [1.807, 2.05) is 0 Å². The first-order chi connectivity index (χ1) is 8.09. The molecule has 1 aromatic heterocycles. The van der Waals surface area contributed by atoms with Gasteiger partial charge in [-0.05, 0) is 12.1 Å². The van der Waals surface area contributed by atoms with Crippen molar-refractivity contribution in [1.29, 1.82) is 0 Å². The summed E-state index contributed by atoms with van der Waals surface area (Å²) >= 11 is 2.97. The molecule has 1 atom stereocenters. The fraction of sp³-hybridized carbons (Fsp3) is 0.0909. The fourth-order valence-electron chi connectivity index (χ4n) is 1.43. The highest BCUT2D eigenvalue weighted by molar-refractivity contribution is 9.10. The number of hydrogen-bond acceptors (Lipinski definition) is 3. The topological polar surface area (TPSA) is 46.0 Å². The van der Waals surface area contributed by atoms with Gasteiger partial charge in [-0.25, -0.2) is 18.7 Å². The molecule has 1 aromatic carbocycles. The van der Waals surface area contributed by atoms with E-state index in [4.69, 9.17) is 0 Å². The third-order valence-corrected chi connectivity index (χ3v) is 2.67. The molecule has 0 amide bonds. The second-order valence-electron chi connectivity index (χ2n) is 3.36. The van der Waals surface area contributed by atoms with Crippen molar-refractivity contribution in [1.82, 2.24) is 9.97 Å². The Morgan fingerprint density at radius 3 is 2.18 bits per heavy atom. The van der Waals surface area contributed by atoms with Gasteiger partial charge in [-0.2, -0.15) is 0 Å². The fourth-order valence-corrected chi connectivity index (χ4v) is 1.84. The molecule has 0 radical (unpaired) electrons. The maximum absolute atomic E-state index is 13.6. The third-order valence-electron chi connectivity index (χ3n) is 2.21. The van der Waals surface area contributed by atoms with E-state index in [1.54, 1.807) is 0 Å². The summed E-state index contributed by atoms with van der Waals surface area (Å²) in [4.78, 5) is 7.37. The zero-order valence-corrected chi connectivity index (χ0v) is 10.0. The van der Waals surface area contributed by atoms with Gasteiger partial charge in [0.15, 0.2) is 0 Å². The summed E-state index contributed by atoms with van der Waals surface area (Å²) in [7, 11) is 0. The van der Waals surface area contributed by atoms with Crippen LogP contribution in [0.3, 0.4) is 0 Å². The van der Waals surface area contributed by atoms with Gasteiger partial charge in [0.1, 0.15) is 24.1 Å². The smallest absolute Gasteiger partial charge is 0.133 e. The van der Waals surface area contributed by atoms with Crippen LogP contribution in [0.4, 0.5) is 8.78 Å². The van der Waals surface area contributed by atoms with E-state index in [-0.39, 0.29) is 10.0 Å². The lowest BCUT2D eigenvalue weighted by molar-refractivity contribution is 0.208. The van der Waals surface area contributed by atoms with Gasteiger partial charge >= 0.3 is 0 Å². The van der Waals surface area contributed by atoms with Gasteiger partial charge in [-0.1, -0.05) is 15.9 Å². The first-order valence-electron chi connectivity index (χ1n) is 4.67. The molecule has 0 fully saturated rings. The molecular formula is C11H7BrF2N2O.